The van der Waals surface area contributed by atoms with E-state index in [1.807, 2.05) is 0 Å². The van der Waals surface area contributed by atoms with E-state index in [0.29, 0.717) is 0 Å². The molecular weight excluding hydrogens is 176 g/mol. The summed E-state index contributed by atoms with van der Waals surface area (Å²) < 4.78 is 0. The van der Waals surface area contributed by atoms with E-state index in [-0.39, 0.29) is 0 Å². The minimum atomic E-state index is -0.489. The summed E-state index contributed by atoms with van der Waals surface area (Å²) in [4.78, 5) is 2.72. The SMILES string of the molecule is CCCCN1CCNCC1[SiH](C)C. The first-order chi connectivity index (χ1) is 6.25. The van der Waals surface area contributed by atoms with Gasteiger partial charge in [-0.2, -0.15) is 0 Å². The number of rotatable bonds is 4. The molecule has 0 aliphatic carbocycles. The fraction of sp³-hybridized carbons (Fsp3) is 1.00. The van der Waals surface area contributed by atoms with Gasteiger partial charge in [0.2, 0.25) is 0 Å². The maximum atomic E-state index is 3.52. The Morgan fingerprint density at radius 2 is 2.23 bits per heavy atom. The number of unbranched alkanes of at least 4 members (excludes halogenated alkanes) is 1. The highest BCUT2D eigenvalue weighted by molar-refractivity contribution is 6.57. The van der Waals surface area contributed by atoms with E-state index in [4.69, 9.17) is 0 Å². The van der Waals surface area contributed by atoms with Crippen molar-refractivity contribution in [2.75, 3.05) is 26.2 Å². The fourth-order valence-corrected chi connectivity index (χ4v) is 3.84. The second-order valence-electron chi connectivity index (χ2n) is 4.41. The molecule has 0 aromatic rings. The molecule has 0 radical (unpaired) electrons. The van der Waals surface area contributed by atoms with Crippen molar-refractivity contribution in [2.45, 2.75) is 38.5 Å². The van der Waals surface area contributed by atoms with Crippen molar-refractivity contribution >= 4 is 8.80 Å². The van der Waals surface area contributed by atoms with Crippen molar-refractivity contribution in [3.8, 4) is 0 Å². The zero-order valence-electron chi connectivity index (χ0n) is 9.34. The molecule has 2 nitrogen and oxygen atoms in total. The minimum Gasteiger partial charge on any atom is -0.314 e. The molecule has 1 saturated heterocycles. The van der Waals surface area contributed by atoms with E-state index >= 15 is 0 Å². The summed E-state index contributed by atoms with van der Waals surface area (Å²) in [7, 11) is -0.489. The monoisotopic (exact) mass is 200 g/mol. The highest BCUT2D eigenvalue weighted by Crippen LogP contribution is 2.08. The highest BCUT2D eigenvalue weighted by Gasteiger charge is 2.24. The molecule has 1 unspecified atom stereocenters. The molecule has 1 heterocycles. The quantitative estimate of drug-likeness (QED) is 0.683. The first-order valence-electron chi connectivity index (χ1n) is 5.70. The predicted molar refractivity (Wildman–Crippen MR) is 62.0 cm³/mol. The third-order valence-corrected chi connectivity index (χ3v) is 5.16. The number of hydrogen-bond donors (Lipinski definition) is 1. The first-order valence-corrected chi connectivity index (χ1v) is 8.68. The number of hydrogen-bond acceptors (Lipinski definition) is 2. The average molecular weight is 200 g/mol. The van der Waals surface area contributed by atoms with Crippen LogP contribution in [0.3, 0.4) is 0 Å². The molecule has 78 valence electrons. The van der Waals surface area contributed by atoms with E-state index in [2.05, 4.69) is 30.2 Å². The van der Waals surface area contributed by atoms with E-state index in [1.54, 1.807) is 0 Å². The van der Waals surface area contributed by atoms with Crippen LogP contribution in [-0.2, 0) is 0 Å². The topological polar surface area (TPSA) is 15.3 Å². The number of piperazine rings is 1. The van der Waals surface area contributed by atoms with Crippen LogP contribution in [0.5, 0.6) is 0 Å². The van der Waals surface area contributed by atoms with Gasteiger partial charge in [-0.25, -0.2) is 0 Å². The van der Waals surface area contributed by atoms with Crippen molar-refractivity contribution in [1.82, 2.24) is 10.2 Å². The van der Waals surface area contributed by atoms with Gasteiger partial charge in [-0.3, -0.25) is 0 Å². The molecule has 1 N–H and O–H groups in total. The van der Waals surface area contributed by atoms with Gasteiger partial charge in [0.15, 0.2) is 0 Å². The lowest BCUT2D eigenvalue weighted by atomic mass is 10.3. The number of nitrogens with zero attached hydrogens (tertiary/aromatic N) is 1. The lowest BCUT2D eigenvalue weighted by molar-refractivity contribution is 0.206. The Balaban J connectivity index is 2.37. The van der Waals surface area contributed by atoms with Crippen molar-refractivity contribution in [1.29, 1.82) is 0 Å². The van der Waals surface area contributed by atoms with Gasteiger partial charge in [-0.05, 0) is 13.0 Å². The molecule has 1 aliphatic heterocycles. The third kappa shape index (κ3) is 3.41. The van der Waals surface area contributed by atoms with Gasteiger partial charge in [-0.1, -0.05) is 26.4 Å². The van der Waals surface area contributed by atoms with Gasteiger partial charge < -0.3 is 10.2 Å². The van der Waals surface area contributed by atoms with Crippen LogP contribution in [0.2, 0.25) is 13.1 Å². The Kier molecular flexibility index (Phi) is 4.99. The van der Waals surface area contributed by atoms with Crippen molar-refractivity contribution < 1.29 is 0 Å². The molecule has 1 rings (SSSR count). The van der Waals surface area contributed by atoms with Gasteiger partial charge >= 0.3 is 0 Å². The Morgan fingerprint density at radius 1 is 1.46 bits per heavy atom. The number of nitrogens with one attached hydrogen (secondary N) is 1. The highest BCUT2D eigenvalue weighted by atomic mass is 28.3. The van der Waals surface area contributed by atoms with Crippen LogP contribution in [0.4, 0.5) is 0 Å². The van der Waals surface area contributed by atoms with Crippen LogP contribution in [0.1, 0.15) is 19.8 Å². The van der Waals surface area contributed by atoms with Gasteiger partial charge in [0.1, 0.15) is 0 Å². The van der Waals surface area contributed by atoms with Crippen molar-refractivity contribution in [3.63, 3.8) is 0 Å². The minimum absolute atomic E-state index is 0.489. The van der Waals surface area contributed by atoms with E-state index in [1.165, 1.54) is 39.0 Å². The Bertz CT molecular complexity index is 139. The summed E-state index contributed by atoms with van der Waals surface area (Å²) in [5.74, 6) is 0. The zero-order chi connectivity index (χ0) is 9.68. The fourth-order valence-electron chi connectivity index (χ4n) is 2.06. The maximum absolute atomic E-state index is 3.52. The molecule has 0 aromatic carbocycles. The lowest BCUT2D eigenvalue weighted by Crippen LogP contribution is -2.56. The van der Waals surface area contributed by atoms with Crippen LogP contribution < -0.4 is 5.32 Å². The summed E-state index contributed by atoms with van der Waals surface area (Å²) in [5.41, 5.74) is 0.903. The molecule has 0 aromatic heterocycles. The summed E-state index contributed by atoms with van der Waals surface area (Å²) >= 11 is 0. The molecule has 1 aliphatic rings. The molecular formula is C10H24N2Si. The molecule has 3 heteroatoms. The third-order valence-electron chi connectivity index (χ3n) is 2.97. The molecule has 0 amide bonds. The second-order valence-corrected chi connectivity index (χ2v) is 7.66. The largest absolute Gasteiger partial charge is 0.314 e. The molecule has 1 atom stereocenters. The Hall–Kier alpha value is 0.137. The molecule has 13 heavy (non-hydrogen) atoms. The average Bonchev–Trinajstić information content (AvgIpc) is 2.15. The molecule has 0 bridgehead atoms. The predicted octanol–water partition coefficient (Wildman–Crippen LogP) is 1.09. The van der Waals surface area contributed by atoms with E-state index < -0.39 is 8.80 Å². The van der Waals surface area contributed by atoms with Crippen LogP contribution in [-0.4, -0.2) is 45.5 Å². The zero-order valence-corrected chi connectivity index (χ0v) is 10.5. The lowest BCUT2D eigenvalue weighted by Gasteiger charge is -2.38. The summed E-state index contributed by atoms with van der Waals surface area (Å²) in [6.45, 7) is 12.3. The van der Waals surface area contributed by atoms with Gasteiger partial charge in [-0.15, -0.1) is 0 Å². The van der Waals surface area contributed by atoms with Crippen LogP contribution in [0.15, 0.2) is 0 Å². The summed E-state index contributed by atoms with van der Waals surface area (Å²) in [5, 5.41) is 3.52. The van der Waals surface area contributed by atoms with Gasteiger partial charge in [0.25, 0.3) is 0 Å². The van der Waals surface area contributed by atoms with Gasteiger partial charge in [0.05, 0.1) is 8.80 Å². The molecule has 0 spiro atoms. The normalized spacial score (nSPS) is 25.4. The molecule has 0 saturated carbocycles. The van der Waals surface area contributed by atoms with Crippen LogP contribution in [0.25, 0.3) is 0 Å². The smallest absolute Gasteiger partial charge is 0.0525 e. The second kappa shape index (κ2) is 5.78. The first kappa shape index (κ1) is 11.2. The summed E-state index contributed by atoms with van der Waals surface area (Å²) in [6.07, 6.45) is 2.70. The van der Waals surface area contributed by atoms with Crippen molar-refractivity contribution in [3.05, 3.63) is 0 Å². The van der Waals surface area contributed by atoms with Crippen LogP contribution in [0, 0.1) is 0 Å². The maximum Gasteiger partial charge on any atom is 0.0525 e. The van der Waals surface area contributed by atoms with Crippen LogP contribution >= 0.6 is 0 Å². The Labute approximate surface area is 84.3 Å². The van der Waals surface area contributed by atoms with Crippen molar-refractivity contribution in [2.24, 2.45) is 0 Å². The van der Waals surface area contributed by atoms with E-state index in [0.717, 1.165) is 5.67 Å². The van der Waals surface area contributed by atoms with Gasteiger partial charge in [0, 0.05) is 25.3 Å². The summed E-state index contributed by atoms with van der Waals surface area (Å²) in [6, 6.07) is 0. The van der Waals surface area contributed by atoms with E-state index in [9.17, 15) is 0 Å². The standard InChI is InChI=1S/C10H24N2Si/c1-4-5-7-12-8-6-11-9-10(12)13(2)3/h10-11,13H,4-9H2,1-3H3. The molecule has 1 fully saturated rings. The Morgan fingerprint density at radius 3 is 2.85 bits per heavy atom.